The van der Waals surface area contributed by atoms with Crippen molar-refractivity contribution in [2.24, 2.45) is 0 Å². The second-order valence-corrected chi connectivity index (χ2v) is 16.7. The topological polar surface area (TPSA) is 210 Å². The van der Waals surface area contributed by atoms with E-state index in [1.165, 1.54) is 9.13 Å². The number of ether oxygens (including phenoxy) is 2. The van der Waals surface area contributed by atoms with Crippen LogP contribution in [0.4, 0.5) is 11.9 Å². The zero-order chi connectivity index (χ0) is 44.7. The fourth-order valence-corrected chi connectivity index (χ4v) is 8.79. The normalized spacial score (nSPS) is 12.5. The Balaban J connectivity index is 1.22. The molecule has 0 aliphatic carbocycles. The third-order valence-electron chi connectivity index (χ3n) is 11.3. The largest absolute Gasteiger partial charge is 0.496 e. The van der Waals surface area contributed by atoms with Crippen LogP contribution in [-0.2, 0) is 26.2 Å². The number of imidazole rings is 2. The first-order valence-electron chi connectivity index (χ1n) is 20.3. The predicted molar refractivity (Wildman–Crippen MR) is 241 cm³/mol. The van der Waals surface area contributed by atoms with E-state index in [2.05, 4.69) is 57.5 Å². The number of hydrogen-bond acceptors (Lipinski definition) is 13. The Morgan fingerprint density at radius 2 is 1.19 bits per heavy atom. The number of fused-ring (bicyclic) bond motifs is 2. The van der Waals surface area contributed by atoms with Crippen LogP contribution in [0.15, 0.2) is 46.5 Å². The Labute approximate surface area is 368 Å². The van der Waals surface area contributed by atoms with Crippen LogP contribution < -0.4 is 32.3 Å². The molecular weight excluding hydrogens is 835 g/mol. The number of nitrogens with zero attached hydrogens (tertiary/aromatic N) is 12. The maximum Gasteiger partial charge on any atom is 0.330 e. The van der Waals surface area contributed by atoms with Gasteiger partial charge in [-0.1, -0.05) is 23.2 Å². The van der Waals surface area contributed by atoms with E-state index in [0.29, 0.717) is 52.7 Å². The highest BCUT2D eigenvalue weighted by Crippen LogP contribution is 2.30. The van der Waals surface area contributed by atoms with Crippen LogP contribution in [0, 0.1) is 27.7 Å². The second kappa shape index (κ2) is 17.8. The first kappa shape index (κ1) is 44.1. The lowest BCUT2D eigenvalue weighted by molar-refractivity contribution is 0.168. The fourth-order valence-electron chi connectivity index (χ4n) is 8.24. The van der Waals surface area contributed by atoms with Crippen LogP contribution in [0.5, 0.6) is 11.5 Å². The molecule has 1 unspecified atom stereocenters. The number of halogens is 2. The van der Waals surface area contributed by atoms with Crippen molar-refractivity contribution >= 4 is 57.4 Å². The summed E-state index contributed by atoms with van der Waals surface area (Å²) in [5.41, 5.74) is 17.2. The molecule has 18 nitrogen and oxygen atoms in total. The lowest BCUT2D eigenvalue weighted by Gasteiger charge is -2.30. The van der Waals surface area contributed by atoms with Crippen LogP contribution in [0.25, 0.3) is 22.3 Å². The van der Waals surface area contributed by atoms with Gasteiger partial charge in [0.05, 0.1) is 44.2 Å². The molecule has 62 heavy (non-hydrogen) atoms. The zero-order valence-electron chi connectivity index (χ0n) is 36.3. The fraction of sp³-hybridized carbons (Fsp3) is 0.429. The van der Waals surface area contributed by atoms with Crippen LogP contribution in [0.3, 0.4) is 0 Å². The van der Waals surface area contributed by atoms with E-state index in [-0.39, 0.29) is 77.6 Å². The minimum absolute atomic E-state index is 0.0363. The minimum atomic E-state index is -0.427. The third-order valence-corrected chi connectivity index (χ3v) is 11.9. The Morgan fingerprint density at radius 1 is 0.710 bits per heavy atom. The first-order valence-corrected chi connectivity index (χ1v) is 21.0. The molecular formula is C42H52Cl2N14O4. The summed E-state index contributed by atoms with van der Waals surface area (Å²) in [4.78, 5) is 57.7. The smallest absolute Gasteiger partial charge is 0.330 e. The van der Waals surface area contributed by atoms with Crippen LogP contribution in [0.2, 0.25) is 10.3 Å². The summed E-state index contributed by atoms with van der Waals surface area (Å²) < 4.78 is 20.5. The number of nitrogen functional groups attached to an aromatic ring is 2. The van der Waals surface area contributed by atoms with Gasteiger partial charge in [-0.05, 0) is 67.5 Å². The van der Waals surface area contributed by atoms with E-state index in [9.17, 15) is 9.59 Å². The number of methoxy groups -OCH3 is 1. The number of hydrogen-bond donors (Lipinski definition) is 2. The van der Waals surface area contributed by atoms with E-state index in [0.717, 1.165) is 22.3 Å². The molecule has 7 heterocycles. The van der Waals surface area contributed by atoms with Crippen LogP contribution >= 0.6 is 23.2 Å². The van der Waals surface area contributed by atoms with Crippen molar-refractivity contribution in [2.45, 2.75) is 99.7 Å². The number of nitrogens with two attached hydrogens (primary N) is 2. The summed E-state index contributed by atoms with van der Waals surface area (Å²) in [5, 5.41) is 0.132. The zero-order valence-corrected chi connectivity index (χ0v) is 37.9. The van der Waals surface area contributed by atoms with Gasteiger partial charge >= 0.3 is 11.4 Å². The molecule has 0 spiro atoms. The molecule has 1 atom stereocenters. The molecule has 0 saturated heterocycles. The molecule has 0 bridgehead atoms. The first-order chi connectivity index (χ1) is 29.5. The molecule has 7 aromatic rings. The van der Waals surface area contributed by atoms with Gasteiger partial charge in [-0.15, -0.1) is 0 Å². The Hall–Kier alpha value is -5.98. The quantitative estimate of drug-likeness (QED) is 0.118. The summed E-state index contributed by atoms with van der Waals surface area (Å²) in [6.45, 7) is 17.5. The Morgan fingerprint density at radius 3 is 1.71 bits per heavy atom. The van der Waals surface area contributed by atoms with Gasteiger partial charge in [-0.25, -0.2) is 9.59 Å². The van der Waals surface area contributed by atoms with E-state index in [4.69, 9.17) is 49.1 Å². The van der Waals surface area contributed by atoms with Crippen LogP contribution in [-0.4, -0.2) is 90.0 Å². The Kier molecular flexibility index (Phi) is 12.6. The van der Waals surface area contributed by atoms with Gasteiger partial charge in [0.15, 0.2) is 21.6 Å². The molecule has 0 aliphatic heterocycles. The lowest BCUT2D eigenvalue weighted by Crippen LogP contribution is -2.40. The Bertz CT molecular complexity index is 2890. The molecule has 0 saturated carbocycles. The highest BCUT2D eigenvalue weighted by atomic mass is 35.5. The highest BCUT2D eigenvalue weighted by Gasteiger charge is 2.26. The lowest BCUT2D eigenvalue weighted by atomic mass is 10.1. The molecule has 4 N–H and O–H groups in total. The van der Waals surface area contributed by atoms with Crippen molar-refractivity contribution < 1.29 is 9.47 Å². The van der Waals surface area contributed by atoms with Crippen molar-refractivity contribution in [3.63, 3.8) is 0 Å². The molecule has 0 fully saturated rings. The van der Waals surface area contributed by atoms with Crippen molar-refractivity contribution in [1.29, 1.82) is 0 Å². The number of anilines is 2. The van der Waals surface area contributed by atoms with Gasteiger partial charge < -0.3 is 25.5 Å². The van der Waals surface area contributed by atoms with Crippen molar-refractivity contribution in [2.75, 3.05) is 31.7 Å². The molecule has 0 radical (unpaired) electrons. The number of pyridine rings is 2. The van der Waals surface area contributed by atoms with Gasteiger partial charge in [-0.2, -0.15) is 19.9 Å². The standard InChI is InChI=1S/C42H52Cl2N14O4/c1-22(2)54(23(3)4)14-15-55-31-35(43)49-39(45)51-37(31)57(41(55)59)20-30-27(8)34(25(6)17-48-30)62-21-28(53-12-10-11-13-53)18-56-32-36(44)50-40(46)52-38(32)58(42(56)60)19-29-26(7)33(61-9)24(5)16-47-29/h10-13,16-17,22-23,28H,14-15,18-21H2,1-9H3,(H2,45,49,51)(H2,46,50,52). The molecule has 0 aromatic carbocycles. The maximum atomic E-state index is 14.5. The summed E-state index contributed by atoms with van der Waals surface area (Å²) in [7, 11) is 1.60. The molecule has 0 aliphatic rings. The highest BCUT2D eigenvalue weighted by molar-refractivity contribution is 6.34. The van der Waals surface area contributed by atoms with E-state index < -0.39 is 6.04 Å². The van der Waals surface area contributed by atoms with Gasteiger partial charge in [-0.3, -0.25) is 33.1 Å². The summed E-state index contributed by atoms with van der Waals surface area (Å²) >= 11 is 13.4. The van der Waals surface area contributed by atoms with E-state index in [1.54, 1.807) is 28.6 Å². The van der Waals surface area contributed by atoms with Crippen molar-refractivity contribution in [1.82, 2.24) is 57.6 Å². The van der Waals surface area contributed by atoms with Crippen molar-refractivity contribution in [3.05, 3.63) is 102 Å². The monoisotopic (exact) mass is 886 g/mol. The van der Waals surface area contributed by atoms with Gasteiger partial charge in [0.1, 0.15) is 29.1 Å². The van der Waals surface area contributed by atoms with Gasteiger partial charge in [0, 0.05) is 72.2 Å². The third kappa shape index (κ3) is 8.33. The average molecular weight is 888 g/mol. The minimum Gasteiger partial charge on any atom is -0.496 e. The molecule has 7 aromatic heterocycles. The number of aromatic nitrogens is 11. The molecule has 0 amide bonds. The molecule has 20 heteroatoms. The second-order valence-electron chi connectivity index (χ2n) is 16.0. The average Bonchev–Trinajstić information content (AvgIpc) is 3.90. The van der Waals surface area contributed by atoms with Crippen LogP contribution in [0.1, 0.15) is 67.4 Å². The maximum absolute atomic E-state index is 14.5. The SMILES string of the molecule is COc1c(C)cnc(Cn2c(=O)n(CC(COc3c(C)cnc(Cn4c(=O)n(CCN(C(C)C)C(C)C)c5c(Cl)nc(N)nc54)c3C)n3cccc3)c3c(Cl)nc(N)nc32)c1C. The van der Waals surface area contributed by atoms with E-state index in [1.807, 2.05) is 56.8 Å². The molecule has 328 valence electrons. The predicted octanol–water partition coefficient (Wildman–Crippen LogP) is 5.34. The summed E-state index contributed by atoms with van der Waals surface area (Å²) in [6, 6.07) is 3.90. The van der Waals surface area contributed by atoms with Gasteiger partial charge in [0.2, 0.25) is 11.9 Å². The molecule has 7 rings (SSSR count). The summed E-state index contributed by atoms with van der Waals surface area (Å²) in [5.74, 6) is 1.15. The number of rotatable bonds is 16. The van der Waals surface area contributed by atoms with Gasteiger partial charge in [0.25, 0.3) is 0 Å². The number of aryl methyl sites for hydroxylation is 2. The van der Waals surface area contributed by atoms with E-state index >= 15 is 0 Å². The summed E-state index contributed by atoms with van der Waals surface area (Å²) in [6.07, 6.45) is 7.23. The van der Waals surface area contributed by atoms with Crippen molar-refractivity contribution in [3.8, 4) is 11.5 Å².